The van der Waals surface area contributed by atoms with Crippen molar-refractivity contribution in [2.75, 3.05) is 7.11 Å². The lowest BCUT2D eigenvalue weighted by Crippen LogP contribution is -2.29. The highest BCUT2D eigenvalue weighted by atomic mass is 19.1. The Morgan fingerprint density at radius 2 is 2.05 bits per heavy atom. The van der Waals surface area contributed by atoms with Gasteiger partial charge in [-0.15, -0.1) is 0 Å². The van der Waals surface area contributed by atoms with Gasteiger partial charge >= 0.3 is 0 Å². The Labute approximate surface area is 118 Å². The monoisotopic (exact) mass is 274 g/mol. The SMILES string of the molecule is COc1cc(C(Cc2cccc(C)c2)NN)ccc1F. The van der Waals surface area contributed by atoms with Crippen molar-refractivity contribution in [2.24, 2.45) is 5.84 Å². The first-order chi connectivity index (χ1) is 9.63. The zero-order chi connectivity index (χ0) is 14.5. The second-order valence-corrected chi connectivity index (χ2v) is 4.81. The normalized spacial score (nSPS) is 12.2. The molecule has 0 heterocycles. The van der Waals surface area contributed by atoms with E-state index >= 15 is 0 Å². The summed E-state index contributed by atoms with van der Waals surface area (Å²) in [7, 11) is 1.45. The Kier molecular flexibility index (Phi) is 4.71. The smallest absolute Gasteiger partial charge is 0.165 e. The van der Waals surface area contributed by atoms with Crippen molar-refractivity contribution in [3.63, 3.8) is 0 Å². The predicted octanol–water partition coefficient (Wildman–Crippen LogP) is 2.89. The van der Waals surface area contributed by atoms with E-state index in [0.29, 0.717) is 0 Å². The number of hydrogen-bond acceptors (Lipinski definition) is 3. The molecule has 0 radical (unpaired) electrons. The Morgan fingerprint density at radius 3 is 2.70 bits per heavy atom. The van der Waals surface area contributed by atoms with Crippen molar-refractivity contribution in [1.82, 2.24) is 5.43 Å². The maximum Gasteiger partial charge on any atom is 0.165 e. The maximum absolute atomic E-state index is 13.4. The molecule has 1 atom stereocenters. The van der Waals surface area contributed by atoms with E-state index < -0.39 is 0 Å². The first kappa shape index (κ1) is 14.5. The van der Waals surface area contributed by atoms with Gasteiger partial charge in [-0.2, -0.15) is 0 Å². The fourth-order valence-electron chi connectivity index (χ4n) is 2.24. The summed E-state index contributed by atoms with van der Waals surface area (Å²) in [5, 5.41) is 0. The molecular formula is C16H19FN2O. The van der Waals surface area contributed by atoms with Gasteiger partial charge in [-0.05, 0) is 36.6 Å². The molecule has 2 aromatic rings. The van der Waals surface area contributed by atoms with Crippen LogP contribution in [0.2, 0.25) is 0 Å². The van der Waals surface area contributed by atoms with Gasteiger partial charge in [-0.1, -0.05) is 35.9 Å². The highest BCUT2D eigenvalue weighted by Gasteiger charge is 2.13. The van der Waals surface area contributed by atoms with Crippen molar-refractivity contribution < 1.29 is 9.13 Å². The van der Waals surface area contributed by atoms with Crippen LogP contribution in [-0.2, 0) is 6.42 Å². The van der Waals surface area contributed by atoms with Crippen molar-refractivity contribution in [2.45, 2.75) is 19.4 Å². The van der Waals surface area contributed by atoms with Gasteiger partial charge in [0.15, 0.2) is 11.6 Å². The molecule has 2 rings (SSSR count). The van der Waals surface area contributed by atoms with Gasteiger partial charge in [0.25, 0.3) is 0 Å². The minimum absolute atomic E-state index is 0.0914. The molecule has 0 aromatic heterocycles. The Morgan fingerprint density at radius 1 is 1.25 bits per heavy atom. The molecule has 0 aliphatic rings. The van der Waals surface area contributed by atoms with Crippen LogP contribution in [-0.4, -0.2) is 7.11 Å². The highest BCUT2D eigenvalue weighted by molar-refractivity contribution is 5.33. The molecule has 1 unspecified atom stereocenters. The predicted molar refractivity (Wildman–Crippen MR) is 77.9 cm³/mol. The van der Waals surface area contributed by atoms with Gasteiger partial charge in [-0.25, -0.2) is 4.39 Å². The Balaban J connectivity index is 2.24. The van der Waals surface area contributed by atoms with E-state index in [1.54, 1.807) is 12.1 Å². The topological polar surface area (TPSA) is 47.3 Å². The lowest BCUT2D eigenvalue weighted by Gasteiger charge is -2.17. The molecule has 0 bridgehead atoms. The summed E-state index contributed by atoms with van der Waals surface area (Å²) in [6, 6.07) is 12.9. The van der Waals surface area contributed by atoms with Gasteiger partial charge in [0, 0.05) is 0 Å². The molecular weight excluding hydrogens is 255 g/mol. The number of hydrogen-bond donors (Lipinski definition) is 2. The fourth-order valence-corrected chi connectivity index (χ4v) is 2.24. The lowest BCUT2D eigenvalue weighted by atomic mass is 9.98. The number of nitrogens with one attached hydrogen (secondary N) is 1. The van der Waals surface area contributed by atoms with Crippen LogP contribution in [0.1, 0.15) is 22.7 Å². The molecule has 106 valence electrons. The highest BCUT2D eigenvalue weighted by Crippen LogP contribution is 2.24. The minimum Gasteiger partial charge on any atom is -0.494 e. The van der Waals surface area contributed by atoms with Crippen LogP contribution in [0, 0.1) is 12.7 Å². The van der Waals surface area contributed by atoms with E-state index in [2.05, 4.69) is 30.5 Å². The van der Waals surface area contributed by atoms with Crippen molar-refractivity contribution >= 4 is 0 Å². The number of nitrogens with two attached hydrogens (primary N) is 1. The molecule has 0 aliphatic carbocycles. The van der Waals surface area contributed by atoms with E-state index in [-0.39, 0.29) is 17.6 Å². The molecule has 0 saturated carbocycles. The molecule has 0 saturated heterocycles. The number of rotatable bonds is 5. The van der Waals surface area contributed by atoms with E-state index in [1.807, 2.05) is 6.07 Å². The quantitative estimate of drug-likeness (QED) is 0.651. The summed E-state index contributed by atoms with van der Waals surface area (Å²) in [5.41, 5.74) is 6.06. The average Bonchev–Trinajstić information content (AvgIpc) is 2.45. The third-order valence-electron chi connectivity index (χ3n) is 3.30. The summed E-state index contributed by atoms with van der Waals surface area (Å²) < 4.78 is 18.4. The molecule has 4 heteroatoms. The van der Waals surface area contributed by atoms with Crippen LogP contribution >= 0.6 is 0 Å². The standard InChI is InChI=1S/C16H19FN2O/c1-11-4-3-5-12(8-11)9-15(19-18)13-6-7-14(17)16(10-13)20-2/h3-8,10,15,19H,9,18H2,1-2H3. The summed E-state index contributed by atoms with van der Waals surface area (Å²) in [6.45, 7) is 2.05. The zero-order valence-corrected chi connectivity index (χ0v) is 11.7. The van der Waals surface area contributed by atoms with Crippen LogP contribution in [0.25, 0.3) is 0 Å². The van der Waals surface area contributed by atoms with E-state index in [0.717, 1.165) is 12.0 Å². The third kappa shape index (κ3) is 3.35. The summed E-state index contributed by atoms with van der Waals surface area (Å²) in [4.78, 5) is 0. The molecule has 2 aromatic carbocycles. The molecule has 0 fully saturated rings. The number of methoxy groups -OCH3 is 1. The van der Waals surface area contributed by atoms with Gasteiger partial charge in [0.05, 0.1) is 13.2 Å². The van der Waals surface area contributed by atoms with Crippen LogP contribution in [0.4, 0.5) is 4.39 Å². The minimum atomic E-state index is -0.373. The first-order valence-electron chi connectivity index (χ1n) is 6.49. The average molecular weight is 274 g/mol. The molecule has 20 heavy (non-hydrogen) atoms. The fraction of sp³-hybridized carbons (Fsp3) is 0.250. The number of halogens is 1. The molecule has 0 aliphatic heterocycles. The van der Waals surface area contributed by atoms with Gasteiger partial charge in [0.1, 0.15) is 0 Å². The first-order valence-corrected chi connectivity index (χ1v) is 6.49. The van der Waals surface area contributed by atoms with E-state index in [1.165, 1.54) is 24.3 Å². The zero-order valence-electron chi connectivity index (χ0n) is 11.7. The Bertz CT molecular complexity index is 586. The Hall–Kier alpha value is -1.91. The summed E-state index contributed by atoms with van der Waals surface area (Å²) >= 11 is 0. The summed E-state index contributed by atoms with van der Waals surface area (Å²) in [5.74, 6) is 5.49. The van der Waals surface area contributed by atoms with Gasteiger partial charge < -0.3 is 4.74 Å². The van der Waals surface area contributed by atoms with E-state index in [9.17, 15) is 4.39 Å². The maximum atomic E-state index is 13.4. The largest absolute Gasteiger partial charge is 0.494 e. The van der Waals surface area contributed by atoms with Crippen molar-refractivity contribution in [3.8, 4) is 5.75 Å². The second-order valence-electron chi connectivity index (χ2n) is 4.81. The number of hydrazine groups is 1. The van der Waals surface area contributed by atoms with Gasteiger partial charge in [-0.3, -0.25) is 11.3 Å². The number of aryl methyl sites for hydroxylation is 1. The molecule has 0 spiro atoms. The van der Waals surface area contributed by atoms with Crippen LogP contribution < -0.4 is 16.0 Å². The third-order valence-corrected chi connectivity index (χ3v) is 3.30. The van der Waals surface area contributed by atoms with Crippen LogP contribution in [0.3, 0.4) is 0 Å². The molecule has 3 N–H and O–H groups in total. The number of ether oxygens (including phenoxy) is 1. The lowest BCUT2D eigenvalue weighted by molar-refractivity contribution is 0.384. The molecule has 0 amide bonds. The molecule has 3 nitrogen and oxygen atoms in total. The van der Waals surface area contributed by atoms with Crippen molar-refractivity contribution in [1.29, 1.82) is 0 Å². The number of benzene rings is 2. The van der Waals surface area contributed by atoms with Crippen molar-refractivity contribution in [3.05, 3.63) is 65.0 Å². The second kappa shape index (κ2) is 6.50. The van der Waals surface area contributed by atoms with Crippen LogP contribution in [0.15, 0.2) is 42.5 Å². The van der Waals surface area contributed by atoms with Gasteiger partial charge in [0.2, 0.25) is 0 Å². The van der Waals surface area contributed by atoms with E-state index in [4.69, 9.17) is 10.6 Å². The van der Waals surface area contributed by atoms with Crippen LogP contribution in [0.5, 0.6) is 5.75 Å². The summed E-state index contributed by atoms with van der Waals surface area (Å²) in [6.07, 6.45) is 0.729.